The Morgan fingerprint density at radius 1 is 1.32 bits per heavy atom. The van der Waals surface area contributed by atoms with E-state index in [-0.39, 0.29) is 5.78 Å². The highest BCUT2D eigenvalue weighted by Crippen LogP contribution is 2.24. The molecule has 19 heavy (non-hydrogen) atoms. The zero-order valence-corrected chi connectivity index (χ0v) is 12.0. The van der Waals surface area contributed by atoms with Crippen LogP contribution in [0.25, 0.3) is 0 Å². The van der Waals surface area contributed by atoms with Crippen LogP contribution in [0.3, 0.4) is 0 Å². The van der Waals surface area contributed by atoms with Crippen LogP contribution >= 0.6 is 23.5 Å². The quantitative estimate of drug-likeness (QED) is 0.653. The Morgan fingerprint density at radius 3 is 2.74 bits per heavy atom. The molecule has 0 atom stereocenters. The van der Waals surface area contributed by atoms with Crippen molar-refractivity contribution >= 4 is 35.0 Å². The van der Waals surface area contributed by atoms with Gasteiger partial charge in [-0.15, -0.1) is 0 Å². The molecule has 1 N–H and O–H groups in total. The van der Waals surface area contributed by atoms with E-state index in [9.17, 15) is 4.79 Å². The Hall–Kier alpha value is -1.52. The number of Topliss-reactive ketones (excluding diaryl/α,β-unsaturated/α-hetero) is 1. The Bertz CT molecular complexity index is 572. The molecular formula is C14H13ClN2OS. The normalized spacial score (nSPS) is 10.2. The van der Waals surface area contributed by atoms with Crippen LogP contribution in [0.4, 0.5) is 5.69 Å². The molecule has 1 heterocycles. The molecule has 0 saturated heterocycles. The van der Waals surface area contributed by atoms with Gasteiger partial charge in [-0.25, -0.2) is 4.98 Å². The van der Waals surface area contributed by atoms with Crippen LogP contribution in [0.2, 0.25) is 5.02 Å². The summed E-state index contributed by atoms with van der Waals surface area (Å²) in [6.07, 6.45) is 2.15. The fourth-order valence-corrected chi connectivity index (χ4v) is 2.38. The third-order valence-corrected chi connectivity index (χ3v) is 3.61. The third-order valence-electron chi connectivity index (χ3n) is 2.50. The maximum atomic E-state index is 11.8. The second-order valence-electron chi connectivity index (χ2n) is 3.84. The number of rotatable bonds is 5. The number of anilines is 1. The van der Waals surface area contributed by atoms with Crippen molar-refractivity contribution in [2.75, 3.05) is 4.72 Å². The minimum atomic E-state index is 0.0912. The van der Waals surface area contributed by atoms with Crippen LogP contribution < -0.4 is 4.72 Å². The molecular weight excluding hydrogens is 280 g/mol. The molecule has 5 heteroatoms. The van der Waals surface area contributed by atoms with E-state index in [1.54, 1.807) is 30.5 Å². The second kappa shape index (κ2) is 6.59. The molecule has 98 valence electrons. The molecule has 1 aromatic carbocycles. The molecule has 0 unspecified atom stereocenters. The zero-order chi connectivity index (χ0) is 13.7. The van der Waals surface area contributed by atoms with E-state index in [4.69, 9.17) is 11.6 Å². The summed E-state index contributed by atoms with van der Waals surface area (Å²) in [5, 5.41) is 1.37. The SMILES string of the molecule is CCC(=O)c1cccnc1SNc1ccc(Cl)cc1. The molecule has 0 fully saturated rings. The van der Waals surface area contributed by atoms with Crippen LogP contribution in [-0.2, 0) is 0 Å². The molecule has 3 nitrogen and oxygen atoms in total. The number of hydrogen-bond acceptors (Lipinski definition) is 4. The fourth-order valence-electron chi connectivity index (χ4n) is 1.50. The Balaban J connectivity index is 2.11. The molecule has 0 radical (unpaired) electrons. The molecule has 2 aromatic rings. The van der Waals surface area contributed by atoms with Crippen LogP contribution in [0.15, 0.2) is 47.6 Å². The van der Waals surface area contributed by atoms with E-state index in [1.807, 2.05) is 19.1 Å². The first-order chi connectivity index (χ1) is 9.20. The molecule has 0 spiro atoms. The number of pyridine rings is 1. The molecule has 2 rings (SSSR count). The summed E-state index contributed by atoms with van der Waals surface area (Å²) < 4.78 is 3.15. The van der Waals surface area contributed by atoms with Gasteiger partial charge >= 0.3 is 0 Å². The minimum absolute atomic E-state index is 0.0912. The number of benzene rings is 1. The van der Waals surface area contributed by atoms with Gasteiger partial charge in [0.1, 0.15) is 5.03 Å². The van der Waals surface area contributed by atoms with Gasteiger partial charge in [-0.2, -0.15) is 0 Å². The lowest BCUT2D eigenvalue weighted by Crippen LogP contribution is -2.01. The molecule has 1 aromatic heterocycles. The van der Waals surface area contributed by atoms with Crippen molar-refractivity contribution in [2.45, 2.75) is 18.4 Å². The summed E-state index contributed by atoms with van der Waals surface area (Å²) in [6, 6.07) is 10.9. The van der Waals surface area contributed by atoms with Crippen molar-refractivity contribution in [3.05, 3.63) is 53.2 Å². The second-order valence-corrected chi connectivity index (χ2v) is 5.08. The van der Waals surface area contributed by atoms with Crippen LogP contribution in [0, 0.1) is 0 Å². The van der Waals surface area contributed by atoms with Crippen LogP contribution in [0.1, 0.15) is 23.7 Å². The number of carbonyl (C=O) groups is 1. The summed E-state index contributed by atoms with van der Waals surface area (Å²) in [7, 11) is 0. The first-order valence-corrected chi connectivity index (χ1v) is 7.06. The number of nitrogens with zero attached hydrogens (tertiary/aromatic N) is 1. The summed E-state index contributed by atoms with van der Waals surface area (Å²) in [6.45, 7) is 1.84. The number of ketones is 1. The number of nitrogens with one attached hydrogen (secondary N) is 1. The fraction of sp³-hybridized carbons (Fsp3) is 0.143. The summed E-state index contributed by atoms with van der Waals surface area (Å²) in [4.78, 5) is 16.0. The smallest absolute Gasteiger partial charge is 0.165 e. The molecule has 0 amide bonds. The summed E-state index contributed by atoms with van der Waals surface area (Å²) in [5.74, 6) is 0.0912. The van der Waals surface area contributed by atoms with Gasteiger partial charge in [-0.3, -0.25) is 4.79 Å². The Labute approximate surface area is 121 Å². The first-order valence-electron chi connectivity index (χ1n) is 5.87. The zero-order valence-electron chi connectivity index (χ0n) is 10.4. The standard InChI is InChI=1S/C14H13ClN2OS/c1-2-13(18)12-4-3-9-16-14(12)19-17-11-7-5-10(15)6-8-11/h3-9,17H,2H2,1H3. The van der Waals surface area contributed by atoms with E-state index in [0.29, 0.717) is 22.0 Å². The predicted molar refractivity (Wildman–Crippen MR) is 79.8 cm³/mol. The largest absolute Gasteiger partial charge is 0.324 e. The van der Waals surface area contributed by atoms with Crippen molar-refractivity contribution in [1.82, 2.24) is 4.98 Å². The highest BCUT2D eigenvalue weighted by atomic mass is 35.5. The average molecular weight is 293 g/mol. The lowest BCUT2D eigenvalue weighted by atomic mass is 10.1. The van der Waals surface area contributed by atoms with Gasteiger partial charge in [-0.1, -0.05) is 18.5 Å². The molecule has 0 aliphatic rings. The van der Waals surface area contributed by atoms with Gasteiger partial charge in [0.15, 0.2) is 5.78 Å². The maximum absolute atomic E-state index is 11.8. The van der Waals surface area contributed by atoms with Crippen molar-refractivity contribution in [3.8, 4) is 0 Å². The van der Waals surface area contributed by atoms with Gasteiger partial charge in [0.25, 0.3) is 0 Å². The minimum Gasteiger partial charge on any atom is -0.324 e. The average Bonchev–Trinajstić information content (AvgIpc) is 2.46. The van der Waals surface area contributed by atoms with Gasteiger partial charge in [0.2, 0.25) is 0 Å². The first kappa shape index (κ1) is 13.9. The lowest BCUT2D eigenvalue weighted by Gasteiger charge is -2.08. The summed E-state index contributed by atoms with van der Waals surface area (Å²) in [5.41, 5.74) is 1.56. The van der Waals surface area contributed by atoms with Gasteiger partial charge in [0, 0.05) is 35.3 Å². The molecule has 0 aliphatic carbocycles. The van der Waals surface area contributed by atoms with E-state index in [0.717, 1.165) is 5.69 Å². The van der Waals surface area contributed by atoms with Crippen molar-refractivity contribution in [3.63, 3.8) is 0 Å². The number of aromatic nitrogens is 1. The van der Waals surface area contributed by atoms with Crippen molar-refractivity contribution in [2.24, 2.45) is 0 Å². The summed E-state index contributed by atoms with van der Waals surface area (Å²) >= 11 is 7.15. The van der Waals surface area contributed by atoms with Crippen LogP contribution in [0.5, 0.6) is 0 Å². The van der Waals surface area contributed by atoms with E-state index in [2.05, 4.69) is 9.71 Å². The highest BCUT2D eigenvalue weighted by Gasteiger charge is 2.10. The Morgan fingerprint density at radius 2 is 2.05 bits per heavy atom. The number of carbonyl (C=O) groups excluding carboxylic acids is 1. The van der Waals surface area contributed by atoms with E-state index in [1.165, 1.54) is 11.9 Å². The number of hydrogen-bond donors (Lipinski definition) is 1. The van der Waals surface area contributed by atoms with Gasteiger partial charge in [-0.05, 0) is 36.4 Å². The Kier molecular flexibility index (Phi) is 4.82. The topological polar surface area (TPSA) is 42.0 Å². The third kappa shape index (κ3) is 3.72. The highest BCUT2D eigenvalue weighted by molar-refractivity contribution is 8.00. The van der Waals surface area contributed by atoms with Crippen molar-refractivity contribution < 1.29 is 4.79 Å². The lowest BCUT2D eigenvalue weighted by molar-refractivity contribution is 0.0984. The van der Waals surface area contributed by atoms with Crippen molar-refractivity contribution in [1.29, 1.82) is 0 Å². The van der Waals surface area contributed by atoms with Gasteiger partial charge in [0.05, 0.1) is 5.56 Å². The van der Waals surface area contributed by atoms with Gasteiger partial charge < -0.3 is 4.72 Å². The van der Waals surface area contributed by atoms with E-state index >= 15 is 0 Å². The van der Waals surface area contributed by atoms with E-state index < -0.39 is 0 Å². The molecule has 0 saturated carbocycles. The number of halogens is 1. The maximum Gasteiger partial charge on any atom is 0.165 e. The predicted octanol–water partition coefficient (Wildman–Crippen LogP) is 4.45. The van der Waals surface area contributed by atoms with Crippen LogP contribution in [-0.4, -0.2) is 10.8 Å². The monoisotopic (exact) mass is 292 g/mol. The molecule has 0 aliphatic heterocycles. The molecule has 0 bridgehead atoms.